The average Bonchev–Trinajstić information content (AvgIpc) is 3.61. The van der Waals surface area contributed by atoms with Gasteiger partial charge in [0.25, 0.3) is 0 Å². The second kappa shape index (κ2) is 13.8. The first-order valence-electron chi connectivity index (χ1n) is 12.9. The molecule has 0 bridgehead atoms. The molecule has 0 atom stereocenters. The van der Waals surface area contributed by atoms with Crippen LogP contribution in [-0.2, 0) is 16.0 Å². The lowest BCUT2D eigenvalue weighted by molar-refractivity contribution is 0.0325. The minimum atomic E-state index is -0.181. The molecule has 4 aromatic rings. The Bertz CT molecular complexity index is 1250. The van der Waals surface area contributed by atoms with Crippen molar-refractivity contribution in [2.45, 2.75) is 20.4 Å². The Balaban J connectivity index is 0.000000490. The van der Waals surface area contributed by atoms with E-state index in [2.05, 4.69) is 42.2 Å². The summed E-state index contributed by atoms with van der Waals surface area (Å²) in [7, 11) is 1.43. The fraction of sp³-hybridized carbons (Fsp3) is 0.500. The molecule has 2 fully saturated rings. The number of benzene rings is 1. The summed E-state index contributed by atoms with van der Waals surface area (Å²) in [4.78, 5) is 16.3. The van der Waals surface area contributed by atoms with Gasteiger partial charge in [0.2, 0.25) is 0 Å². The third-order valence-corrected chi connectivity index (χ3v) is 7.26. The second-order valence-corrected chi connectivity index (χ2v) is 9.61. The molecule has 3 aromatic heterocycles. The molecule has 3 N–H and O–H groups in total. The lowest BCUT2D eigenvalue weighted by Gasteiger charge is -2.28. The van der Waals surface area contributed by atoms with E-state index >= 15 is 0 Å². The van der Waals surface area contributed by atoms with E-state index in [1.165, 1.54) is 16.7 Å². The molecule has 2 saturated heterocycles. The Hall–Kier alpha value is -2.67. The SMILES string of the molecule is CC.COCO.c1cc(-c2nc(N3CCOCC3)c3sc(CN4CCNCC4)cc3n2)c2cn[nH]c2c1. The van der Waals surface area contributed by atoms with E-state index in [-0.39, 0.29) is 6.79 Å². The van der Waals surface area contributed by atoms with Crippen molar-refractivity contribution in [2.24, 2.45) is 0 Å². The van der Waals surface area contributed by atoms with Crippen molar-refractivity contribution >= 4 is 38.3 Å². The zero-order valence-electron chi connectivity index (χ0n) is 21.9. The van der Waals surface area contributed by atoms with E-state index in [0.29, 0.717) is 0 Å². The van der Waals surface area contributed by atoms with Gasteiger partial charge in [0.15, 0.2) is 11.6 Å². The van der Waals surface area contributed by atoms with Crippen molar-refractivity contribution in [3.8, 4) is 11.4 Å². The van der Waals surface area contributed by atoms with Crippen molar-refractivity contribution in [2.75, 3.05) is 71.3 Å². The standard InChI is InChI=1S/C22H25N7OS.C2H6O2.C2H6/c1-2-16(17-13-24-27-18(17)3-1)21-25-19-12-15(14-28-6-4-23-5-7-28)31-20(19)22(26-21)29-8-10-30-11-9-29;1-4-2-3;1-2/h1-3,12-13,23H,4-11,14H2,(H,24,27);3H,2H2,1H3;1-2H3. The number of hydrogen-bond acceptors (Lipinski definition) is 10. The molecule has 1 aromatic carbocycles. The summed E-state index contributed by atoms with van der Waals surface area (Å²) in [6.07, 6.45) is 1.86. The lowest BCUT2D eigenvalue weighted by atomic mass is 10.1. The van der Waals surface area contributed by atoms with Crippen LogP contribution in [0.5, 0.6) is 0 Å². The van der Waals surface area contributed by atoms with Crippen molar-refractivity contribution < 1.29 is 14.6 Å². The number of methoxy groups -OCH3 is 1. The van der Waals surface area contributed by atoms with Gasteiger partial charge in [-0.3, -0.25) is 10.00 Å². The quantitative estimate of drug-likeness (QED) is 0.337. The number of H-pyrrole nitrogens is 1. The van der Waals surface area contributed by atoms with Gasteiger partial charge in [-0.15, -0.1) is 11.3 Å². The van der Waals surface area contributed by atoms with Crippen LogP contribution in [0.25, 0.3) is 32.5 Å². The highest BCUT2D eigenvalue weighted by Crippen LogP contribution is 2.36. The first-order valence-corrected chi connectivity index (χ1v) is 13.7. The van der Waals surface area contributed by atoms with Crippen LogP contribution in [0.3, 0.4) is 0 Å². The number of piperazine rings is 1. The normalized spacial score (nSPS) is 16.3. The van der Waals surface area contributed by atoms with Crippen LogP contribution in [-0.4, -0.2) is 96.6 Å². The molecular weight excluding hydrogens is 490 g/mol. The molecule has 2 aliphatic heterocycles. The number of thiophene rings is 1. The zero-order chi connectivity index (χ0) is 26.0. The number of aromatic nitrogens is 4. The number of morpholine rings is 1. The van der Waals surface area contributed by atoms with Crippen molar-refractivity contribution in [1.82, 2.24) is 30.4 Å². The number of nitrogens with one attached hydrogen (secondary N) is 2. The summed E-state index contributed by atoms with van der Waals surface area (Å²) in [5.74, 6) is 1.79. The molecular formula is C26H37N7O3S. The van der Waals surface area contributed by atoms with Crippen LogP contribution in [0.2, 0.25) is 0 Å². The topological polar surface area (TPSA) is 112 Å². The molecule has 11 heteroatoms. The first kappa shape index (κ1) is 27.4. The van der Waals surface area contributed by atoms with E-state index < -0.39 is 0 Å². The Kier molecular flexibility index (Phi) is 10.2. The number of aliphatic hydroxyl groups is 1. The summed E-state index contributed by atoms with van der Waals surface area (Å²) in [6, 6.07) is 8.40. The predicted octanol–water partition coefficient (Wildman–Crippen LogP) is 3.09. The smallest absolute Gasteiger partial charge is 0.162 e. The molecule has 0 spiro atoms. The molecule has 0 unspecified atom stereocenters. The number of anilines is 1. The molecule has 10 nitrogen and oxygen atoms in total. The van der Waals surface area contributed by atoms with E-state index in [9.17, 15) is 0 Å². The average molecular weight is 528 g/mol. The third kappa shape index (κ3) is 6.61. The van der Waals surface area contributed by atoms with Crippen molar-refractivity contribution in [1.29, 1.82) is 0 Å². The van der Waals surface area contributed by atoms with E-state index in [0.717, 1.165) is 92.7 Å². The minimum Gasteiger partial charge on any atom is -0.378 e. The summed E-state index contributed by atoms with van der Waals surface area (Å²) in [5.41, 5.74) is 3.04. The van der Waals surface area contributed by atoms with Crippen LogP contribution < -0.4 is 10.2 Å². The van der Waals surface area contributed by atoms with Crippen LogP contribution >= 0.6 is 11.3 Å². The molecule has 200 valence electrons. The van der Waals surface area contributed by atoms with Gasteiger partial charge in [-0.2, -0.15) is 5.10 Å². The molecule has 37 heavy (non-hydrogen) atoms. The summed E-state index contributed by atoms with van der Waals surface area (Å²) >= 11 is 1.83. The molecule has 5 heterocycles. The van der Waals surface area contributed by atoms with Gasteiger partial charge in [0.05, 0.1) is 35.1 Å². The molecule has 0 radical (unpaired) electrons. The van der Waals surface area contributed by atoms with Gasteiger partial charge in [-0.1, -0.05) is 26.0 Å². The molecule has 0 amide bonds. The Labute approximate surface area is 221 Å². The molecule has 0 saturated carbocycles. The highest BCUT2D eigenvalue weighted by Gasteiger charge is 2.22. The number of rotatable bonds is 5. The van der Waals surface area contributed by atoms with Crippen molar-refractivity contribution in [3.63, 3.8) is 0 Å². The van der Waals surface area contributed by atoms with Gasteiger partial charge >= 0.3 is 0 Å². The minimum absolute atomic E-state index is 0.181. The lowest BCUT2D eigenvalue weighted by Crippen LogP contribution is -2.42. The third-order valence-electron chi connectivity index (χ3n) is 6.16. The van der Waals surface area contributed by atoms with E-state index in [4.69, 9.17) is 19.8 Å². The van der Waals surface area contributed by atoms with Crippen LogP contribution in [0.1, 0.15) is 18.7 Å². The van der Waals surface area contributed by atoms with Gasteiger partial charge in [-0.25, -0.2) is 9.97 Å². The van der Waals surface area contributed by atoms with Gasteiger partial charge < -0.3 is 24.8 Å². The number of hydrogen-bond donors (Lipinski definition) is 3. The fourth-order valence-electron chi connectivity index (χ4n) is 4.40. The Morgan fingerprint density at radius 1 is 1.11 bits per heavy atom. The highest BCUT2D eigenvalue weighted by molar-refractivity contribution is 7.19. The summed E-state index contributed by atoms with van der Waals surface area (Å²) < 4.78 is 10.9. The number of fused-ring (bicyclic) bond motifs is 2. The summed E-state index contributed by atoms with van der Waals surface area (Å²) in [6.45, 7) is 12.3. The van der Waals surface area contributed by atoms with E-state index in [1.807, 2.05) is 43.5 Å². The number of nitrogens with zero attached hydrogens (tertiary/aromatic N) is 5. The second-order valence-electron chi connectivity index (χ2n) is 8.48. The Morgan fingerprint density at radius 2 is 1.86 bits per heavy atom. The van der Waals surface area contributed by atoms with E-state index in [1.54, 1.807) is 0 Å². The predicted molar refractivity (Wildman–Crippen MR) is 149 cm³/mol. The summed E-state index contributed by atoms with van der Waals surface area (Å²) in [5, 5.41) is 19.4. The van der Waals surface area contributed by atoms with Gasteiger partial charge in [0, 0.05) is 68.7 Å². The maximum absolute atomic E-state index is 7.65. The first-order chi connectivity index (χ1) is 18.3. The van der Waals surface area contributed by atoms with Gasteiger partial charge in [0.1, 0.15) is 6.79 Å². The number of ether oxygens (including phenoxy) is 2. The fourth-order valence-corrected chi connectivity index (χ4v) is 5.56. The van der Waals surface area contributed by atoms with Crippen molar-refractivity contribution in [3.05, 3.63) is 35.3 Å². The number of aliphatic hydroxyl groups excluding tert-OH is 1. The van der Waals surface area contributed by atoms with Crippen LogP contribution in [0.4, 0.5) is 5.82 Å². The molecule has 2 aliphatic rings. The monoisotopic (exact) mass is 527 g/mol. The maximum atomic E-state index is 7.65. The van der Waals surface area contributed by atoms with Crippen LogP contribution in [0, 0.1) is 0 Å². The van der Waals surface area contributed by atoms with Gasteiger partial charge in [-0.05, 0) is 12.1 Å². The van der Waals surface area contributed by atoms with Crippen LogP contribution in [0.15, 0.2) is 30.5 Å². The largest absolute Gasteiger partial charge is 0.378 e. The highest BCUT2D eigenvalue weighted by atomic mass is 32.1. The Morgan fingerprint density at radius 3 is 2.59 bits per heavy atom. The molecule has 0 aliphatic carbocycles. The maximum Gasteiger partial charge on any atom is 0.162 e. The number of aromatic amines is 1. The zero-order valence-corrected chi connectivity index (χ0v) is 22.7. The molecule has 6 rings (SSSR count).